The first-order chi connectivity index (χ1) is 5.65. The van der Waals surface area contributed by atoms with Crippen LogP contribution in [0.2, 0.25) is 0 Å². The van der Waals surface area contributed by atoms with Crippen molar-refractivity contribution in [3.05, 3.63) is 12.2 Å². The maximum Gasteiger partial charge on any atom is 0.516 e. The van der Waals surface area contributed by atoms with Crippen molar-refractivity contribution in [2.45, 2.75) is 25.0 Å². The molecule has 0 atom stereocenters. The van der Waals surface area contributed by atoms with Gasteiger partial charge in [-0.05, 0) is 12.8 Å². The van der Waals surface area contributed by atoms with E-state index in [0.717, 1.165) is 6.42 Å². The molecule has 1 saturated carbocycles. The third-order valence-electron chi connectivity index (χ3n) is 2.17. The fraction of sp³-hybridized carbons (Fsp3) is 0.500. The van der Waals surface area contributed by atoms with E-state index in [2.05, 4.69) is 16.1 Å². The van der Waals surface area contributed by atoms with Crippen LogP contribution in [0.1, 0.15) is 19.3 Å². The molecule has 0 amide bonds. The summed E-state index contributed by atoms with van der Waals surface area (Å²) in [5.74, 6) is -1.59. The number of Topliss-reactive ketones (excluding diaryl/α,β-unsaturated/α-hetero) is 1. The molecule has 0 aromatic heterocycles. The molecule has 0 bridgehead atoms. The van der Waals surface area contributed by atoms with E-state index in [1.54, 1.807) is 0 Å². The molecule has 0 unspecified atom stereocenters. The van der Waals surface area contributed by atoms with Gasteiger partial charge >= 0.3 is 11.9 Å². The van der Waals surface area contributed by atoms with Crippen LogP contribution < -0.4 is 0 Å². The highest BCUT2D eigenvalue weighted by Crippen LogP contribution is 2.39. The van der Waals surface area contributed by atoms with Gasteiger partial charge in [0.2, 0.25) is 5.78 Å². The maximum atomic E-state index is 11.3. The van der Waals surface area contributed by atoms with Crippen LogP contribution in [0.3, 0.4) is 0 Å². The topological polar surface area (TPSA) is 52.6 Å². The Morgan fingerprint density at radius 3 is 2.42 bits per heavy atom. The highest BCUT2D eigenvalue weighted by molar-refractivity contribution is 5.96. The molecule has 2 fully saturated rings. The molecule has 2 rings (SSSR count). The molecule has 1 heterocycles. The normalized spacial score (nSPS) is 26.2. The molecule has 0 radical (unpaired) electrons. The van der Waals surface area contributed by atoms with Crippen molar-refractivity contribution >= 4 is 11.9 Å². The zero-order chi connectivity index (χ0) is 8.77. The second-order valence-corrected chi connectivity index (χ2v) is 2.95. The number of carbonyl (C=O) groups excluding carboxylic acids is 2. The smallest absolute Gasteiger partial charge is 0.379 e. The van der Waals surface area contributed by atoms with Crippen molar-refractivity contribution in [1.29, 1.82) is 0 Å². The minimum Gasteiger partial charge on any atom is -0.379 e. The van der Waals surface area contributed by atoms with Crippen LogP contribution in [0.25, 0.3) is 0 Å². The number of hydrogen-bond acceptors (Lipinski definition) is 4. The molecule has 0 aromatic carbocycles. The molecule has 0 aromatic rings. The first-order valence-electron chi connectivity index (χ1n) is 3.79. The first kappa shape index (κ1) is 7.34. The minimum atomic E-state index is -1.39. The van der Waals surface area contributed by atoms with E-state index in [9.17, 15) is 9.59 Å². The summed E-state index contributed by atoms with van der Waals surface area (Å²) >= 11 is 0. The summed E-state index contributed by atoms with van der Waals surface area (Å²) < 4.78 is 9.36. The molecule has 1 spiro atoms. The van der Waals surface area contributed by atoms with Crippen LogP contribution in [0.5, 0.6) is 0 Å². The van der Waals surface area contributed by atoms with Crippen molar-refractivity contribution in [2.24, 2.45) is 0 Å². The first-order valence-corrected chi connectivity index (χ1v) is 3.79. The Balaban J connectivity index is 2.26. The Kier molecular flexibility index (Phi) is 1.28. The van der Waals surface area contributed by atoms with Crippen LogP contribution >= 0.6 is 0 Å². The van der Waals surface area contributed by atoms with Crippen molar-refractivity contribution in [1.82, 2.24) is 0 Å². The summed E-state index contributed by atoms with van der Waals surface area (Å²) in [4.78, 5) is 21.7. The Bertz CT molecular complexity index is 253. The van der Waals surface area contributed by atoms with Gasteiger partial charge < -0.3 is 9.47 Å². The summed E-state index contributed by atoms with van der Waals surface area (Å²) in [5.41, 5.74) is 0.554. The molecule has 64 valence electrons. The number of carbonyl (C=O) groups is 2. The van der Waals surface area contributed by atoms with Crippen LogP contribution in [0.15, 0.2) is 12.2 Å². The lowest BCUT2D eigenvalue weighted by molar-refractivity contribution is -0.240. The number of rotatable bonds is 0. The van der Waals surface area contributed by atoms with Gasteiger partial charge in [-0.15, -0.1) is 0 Å². The SMILES string of the molecule is C=C1CCCC(=O)C12OC(=O)O2. The molecule has 12 heavy (non-hydrogen) atoms. The van der Waals surface area contributed by atoms with Gasteiger partial charge in [-0.2, -0.15) is 0 Å². The third-order valence-corrected chi connectivity index (χ3v) is 2.17. The molecule has 1 saturated heterocycles. The summed E-state index contributed by atoms with van der Waals surface area (Å²) in [6.07, 6.45) is 1.05. The van der Waals surface area contributed by atoms with Crippen LogP contribution in [0.4, 0.5) is 4.79 Å². The lowest BCUT2D eigenvalue weighted by atomic mass is 9.87. The average molecular weight is 168 g/mol. The quantitative estimate of drug-likeness (QED) is 0.402. The molecule has 2 aliphatic rings. The summed E-state index contributed by atoms with van der Waals surface area (Å²) in [6.45, 7) is 3.65. The van der Waals surface area contributed by atoms with Gasteiger partial charge in [0.15, 0.2) is 0 Å². The van der Waals surface area contributed by atoms with Crippen molar-refractivity contribution in [2.75, 3.05) is 0 Å². The van der Waals surface area contributed by atoms with E-state index in [1.165, 1.54) is 0 Å². The van der Waals surface area contributed by atoms with E-state index < -0.39 is 11.9 Å². The Morgan fingerprint density at radius 2 is 1.92 bits per heavy atom. The molecule has 4 heteroatoms. The fourth-order valence-electron chi connectivity index (χ4n) is 1.49. The van der Waals surface area contributed by atoms with E-state index >= 15 is 0 Å². The highest BCUT2D eigenvalue weighted by atomic mass is 16.9. The van der Waals surface area contributed by atoms with Crippen molar-refractivity contribution in [3.63, 3.8) is 0 Å². The predicted octanol–water partition coefficient (Wildman–Crippen LogP) is 1.16. The van der Waals surface area contributed by atoms with E-state index in [-0.39, 0.29) is 5.78 Å². The lowest BCUT2D eigenvalue weighted by Gasteiger charge is -2.41. The monoisotopic (exact) mass is 168 g/mol. The fourth-order valence-corrected chi connectivity index (χ4v) is 1.49. The Morgan fingerprint density at radius 1 is 1.25 bits per heavy atom. The third kappa shape index (κ3) is 0.719. The largest absolute Gasteiger partial charge is 0.516 e. The van der Waals surface area contributed by atoms with Gasteiger partial charge in [0.05, 0.1) is 0 Å². The average Bonchev–Trinajstić information content (AvgIpc) is 1.95. The van der Waals surface area contributed by atoms with Gasteiger partial charge in [-0.1, -0.05) is 6.58 Å². The van der Waals surface area contributed by atoms with Gasteiger partial charge in [0.25, 0.3) is 0 Å². The summed E-state index contributed by atoms with van der Waals surface area (Å²) in [7, 11) is 0. The van der Waals surface area contributed by atoms with E-state index in [0.29, 0.717) is 18.4 Å². The number of ether oxygens (including phenoxy) is 2. The van der Waals surface area contributed by atoms with Gasteiger partial charge in [-0.3, -0.25) is 4.79 Å². The lowest BCUT2D eigenvalue weighted by Crippen LogP contribution is -2.58. The molecule has 1 aliphatic heterocycles. The number of hydrogen-bond donors (Lipinski definition) is 0. The summed E-state index contributed by atoms with van der Waals surface area (Å²) in [5, 5.41) is 0. The predicted molar refractivity (Wildman–Crippen MR) is 38.3 cm³/mol. The van der Waals surface area contributed by atoms with Gasteiger partial charge in [-0.25, -0.2) is 4.79 Å². The highest BCUT2D eigenvalue weighted by Gasteiger charge is 2.58. The van der Waals surface area contributed by atoms with E-state index in [4.69, 9.17) is 0 Å². The molecule has 1 aliphatic carbocycles. The van der Waals surface area contributed by atoms with Gasteiger partial charge in [0.1, 0.15) is 0 Å². The molecule has 4 nitrogen and oxygen atoms in total. The van der Waals surface area contributed by atoms with Crippen LogP contribution in [0, 0.1) is 0 Å². The van der Waals surface area contributed by atoms with Crippen molar-refractivity contribution in [3.8, 4) is 0 Å². The zero-order valence-electron chi connectivity index (χ0n) is 6.46. The molecular formula is C8H8O4. The number of ketones is 1. The van der Waals surface area contributed by atoms with Gasteiger partial charge in [0, 0.05) is 12.0 Å². The Hall–Kier alpha value is -1.32. The van der Waals surface area contributed by atoms with Crippen LogP contribution in [-0.2, 0) is 14.3 Å². The standard InChI is InChI=1S/C8H8O4/c1-5-3-2-4-6(9)8(5)11-7(10)12-8/h1-4H2. The maximum absolute atomic E-state index is 11.3. The zero-order valence-corrected chi connectivity index (χ0v) is 6.46. The second kappa shape index (κ2) is 2.09. The van der Waals surface area contributed by atoms with E-state index in [1.807, 2.05) is 0 Å². The molecular weight excluding hydrogens is 160 g/mol. The Labute approximate surface area is 69.1 Å². The minimum absolute atomic E-state index is 0.196. The second-order valence-electron chi connectivity index (χ2n) is 2.95. The summed E-state index contributed by atoms with van der Waals surface area (Å²) in [6, 6.07) is 0. The van der Waals surface area contributed by atoms with Crippen molar-refractivity contribution < 1.29 is 19.1 Å². The van der Waals surface area contributed by atoms with Crippen LogP contribution in [-0.4, -0.2) is 17.7 Å². The molecule has 0 N–H and O–H groups in total.